The Morgan fingerprint density at radius 3 is 1.94 bits per heavy atom. The summed E-state index contributed by atoms with van der Waals surface area (Å²) in [6.07, 6.45) is 1.37. The quantitative estimate of drug-likeness (QED) is 0.388. The molecule has 1 atom stereocenters. The summed E-state index contributed by atoms with van der Waals surface area (Å²) in [5.41, 5.74) is 2.18. The van der Waals surface area contributed by atoms with Crippen molar-refractivity contribution in [2.45, 2.75) is 53.5 Å². The number of nitrogens with two attached hydrogens (primary N) is 1. The maximum absolute atomic E-state index is 11.1. The molecule has 1 amide bonds. The van der Waals surface area contributed by atoms with Crippen molar-refractivity contribution in [2.24, 2.45) is 17.7 Å². The molecule has 0 aliphatic carbocycles. The molecule has 4 nitrogen and oxygen atoms in total. The van der Waals surface area contributed by atoms with Crippen molar-refractivity contribution in [2.75, 3.05) is 13.1 Å². The number of carbonyl (C=O) groups is 1. The number of nitrogens with zero attached hydrogens (tertiary/aromatic N) is 1. The van der Waals surface area contributed by atoms with Gasteiger partial charge < -0.3 is 4.90 Å². The number of hydrogen-bond acceptors (Lipinski definition) is 3. The second-order valence-electron chi connectivity index (χ2n) is 5.70. The summed E-state index contributed by atoms with van der Waals surface area (Å²) in [5.74, 6) is 6.31. The standard InChI is InChI=1S/C13H29N3O/c1-10(2)8-16(9-11(3)4)12(5)6-7-13(17)15-14/h10-12H,6-9,14H2,1-5H3,(H,15,17). The zero-order valence-electron chi connectivity index (χ0n) is 12.0. The molecule has 0 aliphatic rings. The number of carbonyl (C=O) groups excluding carboxylic acids is 1. The topological polar surface area (TPSA) is 58.4 Å². The molecule has 0 heterocycles. The number of hydrogen-bond donors (Lipinski definition) is 2. The van der Waals surface area contributed by atoms with E-state index in [-0.39, 0.29) is 5.91 Å². The van der Waals surface area contributed by atoms with Crippen molar-refractivity contribution in [1.29, 1.82) is 0 Å². The molecule has 0 fully saturated rings. The van der Waals surface area contributed by atoms with Gasteiger partial charge in [0.2, 0.25) is 5.91 Å². The number of hydrazine groups is 1. The minimum Gasteiger partial charge on any atom is -0.300 e. The SMILES string of the molecule is CC(C)CN(CC(C)C)C(C)CCC(=O)NN. The lowest BCUT2D eigenvalue weighted by Gasteiger charge is -2.32. The van der Waals surface area contributed by atoms with Crippen LogP contribution in [0.3, 0.4) is 0 Å². The average molecular weight is 243 g/mol. The summed E-state index contributed by atoms with van der Waals surface area (Å²) in [7, 11) is 0. The van der Waals surface area contributed by atoms with Gasteiger partial charge in [-0.25, -0.2) is 5.84 Å². The summed E-state index contributed by atoms with van der Waals surface area (Å²) < 4.78 is 0. The summed E-state index contributed by atoms with van der Waals surface area (Å²) in [5, 5.41) is 0. The van der Waals surface area contributed by atoms with Crippen molar-refractivity contribution in [3.05, 3.63) is 0 Å². The van der Waals surface area contributed by atoms with Crippen molar-refractivity contribution >= 4 is 5.91 Å². The van der Waals surface area contributed by atoms with Crippen LogP contribution in [0.5, 0.6) is 0 Å². The molecule has 0 radical (unpaired) electrons. The van der Waals surface area contributed by atoms with E-state index < -0.39 is 0 Å². The van der Waals surface area contributed by atoms with Crippen LogP contribution in [0.25, 0.3) is 0 Å². The van der Waals surface area contributed by atoms with Gasteiger partial charge in [0, 0.05) is 25.6 Å². The van der Waals surface area contributed by atoms with Crippen LogP contribution in [0.2, 0.25) is 0 Å². The van der Waals surface area contributed by atoms with Crippen LogP contribution in [0.15, 0.2) is 0 Å². The highest BCUT2D eigenvalue weighted by Crippen LogP contribution is 2.12. The molecule has 102 valence electrons. The number of rotatable bonds is 8. The molecular weight excluding hydrogens is 214 g/mol. The van der Waals surface area contributed by atoms with Crippen LogP contribution >= 0.6 is 0 Å². The van der Waals surface area contributed by atoms with Gasteiger partial charge in [0.1, 0.15) is 0 Å². The fraction of sp³-hybridized carbons (Fsp3) is 0.923. The lowest BCUT2D eigenvalue weighted by Crippen LogP contribution is -2.39. The van der Waals surface area contributed by atoms with E-state index in [1.807, 2.05) is 0 Å². The molecule has 3 N–H and O–H groups in total. The predicted molar refractivity (Wildman–Crippen MR) is 72.3 cm³/mol. The van der Waals surface area contributed by atoms with Gasteiger partial charge in [-0.1, -0.05) is 27.7 Å². The molecule has 0 saturated carbocycles. The second-order valence-corrected chi connectivity index (χ2v) is 5.70. The summed E-state index contributed by atoms with van der Waals surface area (Å²) in [6.45, 7) is 13.3. The van der Waals surface area contributed by atoms with E-state index >= 15 is 0 Å². The first-order valence-electron chi connectivity index (χ1n) is 6.60. The summed E-state index contributed by atoms with van der Waals surface area (Å²) in [6, 6.07) is 0.428. The minimum atomic E-state index is -0.0779. The van der Waals surface area contributed by atoms with E-state index in [9.17, 15) is 4.79 Å². The Kier molecular flexibility index (Phi) is 8.17. The molecule has 17 heavy (non-hydrogen) atoms. The van der Waals surface area contributed by atoms with Gasteiger partial charge >= 0.3 is 0 Å². The molecule has 0 spiro atoms. The first-order valence-corrected chi connectivity index (χ1v) is 6.60. The molecule has 0 saturated heterocycles. The molecule has 4 heteroatoms. The Hall–Kier alpha value is -0.610. The Balaban J connectivity index is 4.20. The monoisotopic (exact) mass is 243 g/mol. The third-order valence-corrected chi connectivity index (χ3v) is 2.77. The van der Waals surface area contributed by atoms with E-state index in [0.717, 1.165) is 19.5 Å². The van der Waals surface area contributed by atoms with Crippen molar-refractivity contribution in [3.8, 4) is 0 Å². The molecular formula is C13H29N3O. The molecule has 0 rings (SSSR count). The molecule has 0 aromatic carbocycles. The fourth-order valence-corrected chi connectivity index (χ4v) is 1.97. The van der Waals surface area contributed by atoms with E-state index in [1.165, 1.54) is 0 Å². The van der Waals surface area contributed by atoms with Gasteiger partial charge in [0.05, 0.1) is 0 Å². The van der Waals surface area contributed by atoms with Gasteiger partial charge in [-0.15, -0.1) is 0 Å². The summed E-state index contributed by atoms with van der Waals surface area (Å²) in [4.78, 5) is 13.6. The zero-order valence-corrected chi connectivity index (χ0v) is 12.0. The summed E-state index contributed by atoms with van der Waals surface area (Å²) >= 11 is 0. The Bertz CT molecular complexity index is 207. The maximum Gasteiger partial charge on any atom is 0.233 e. The normalized spacial score (nSPS) is 13.5. The Labute approximate surface area is 106 Å². The second kappa shape index (κ2) is 8.48. The molecule has 1 unspecified atom stereocenters. The van der Waals surface area contributed by atoms with E-state index in [4.69, 9.17) is 5.84 Å². The highest BCUT2D eigenvalue weighted by Gasteiger charge is 2.17. The predicted octanol–water partition coefficient (Wildman–Crippen LogP) is 1.76. The van der Waals surface area contributed by atoms with Crippen molar-refractivity contribution in [1.82, 2.24) is 10.3 Å². The third kappa shape index (κ3) is 8.16. The van der Waals surface area contributed by atoms with Gasteiger partial charge in [-0.3, -0.25) is 10.2 Å². The lowest BCUT2D eigenvalue weighted by molar-refractivity contribution is -0.121. The van der Waals surface area contributed by atoms with Gasteiger partial charge in [-0.05, 0) is 25.2 Å². The van der Waals surface area contributed by atoms with Crippen LogP contribution in [0.1, 0.15) is 47.5 Å². The molecule has 0 aromatic heterocycles. The van der Waals surface area contributed by atoms with E-state index in [1.54, 1.807) is 0 Å². The Morgan fingerprint density at radius 1 is 1.12 bits per heavy atom. The maximum atomic E-state index is 11.1. The molecule has 0 aliphatic heterocycles. The fourth-order valence-electron chi connectivity index (χ4n) is 1.97. The third-order valence-electron chi connectivity index (χ3n) is 2.77. The van der Waals surface area contributed by atoms with Gasteiger partial charge in [0.15, 0.2) is 0 Å². The van der Waals surface area contributed by atoms with Gasteiger partial charge in [-0.2, -0.15) is 0 Å². The highest BCUT2D eigenvalue weighted by atomic mass is 16.2. The van der Waals surface area contributed by atoms with E-state index in [0.29, 0.717) is 24.3 Å². The zero-order chi connectivity index (χ0) is 13.4. The highest BCUT2D eigenvalue weighted by molar-refractivity contribution is 5.75. The Morgan fingerprint density at radius 2 is 1.59 bits per heavy atom. The van der Waals surface area contributed by atoms with Crippen LogP contribution in [0, 0.1) is 11.8 Å². The first kappa shape index (κ1) is 16.4. The van der Waals surface area contributed by atoms with Crippen LogP contribution < -0.4 is 11.3 Å². The van der Waals surface area contributed by atoms with Crippen molar-refractivity contribution in [3.63, 3.8) is 0 Å². The van der Waals surface area contributed by atoms with Crippen LogP contribution in [-0.2, 0) is 4.79 Å². The van der Waals surface area contributed by atoms with Crippen LogP contribution in [0.4, 0.5) is 0 Å². The molecule has 0 aromatic rings. The van der Waals surface area contributed by atoms with Crippen LogP contribution in [-0.4, -0.2) is 29.9 Å². The average Bonchev–Trinajstić information content (AvgIpc) is 2.23. The molecule has 0 bridgehead atoms. The smallest absolute Gasteiger partial charge is 0.233 e. The van der Waals surface area contributed by atoms with E-state index in [2.05, 4.69) is 44.9 Å². The van der Waals surface area contributed by atoms with Crippen molar-refractivity contribution < 1.29 is 4.79 Å². The van der Waals surface area contributed by atoms with Gasteiger partial charge in [0.25, 0.3) is 0 Å². The first-order chi connectivity index (χ1) is 7.86. The number of nitrogens with one attached hydrogen (secondary N) is 1. The number of amides is 1. The minimum absolute atomic E-state index is 0.0779. The lowest BCUT2D eigenvalue weighted by atomic mass is 10.1. The largest absolute Gasteiger partial charge is 0.300 e.